The Morgan fingerprint density at radius 1 is 0.746 bits per heavy atom. The Hall–Kier alpha value is -6.53. The molecule has 0 radical (unpaired) electrons. The maximum Gasteiger partial charge on any atom is 0.245 e. The standard InChI is InChI=1S/C42H77N19O10/c1-23(55-40(70)33(31(62)19-46)60-36(66)25(47)8-2-3-13-43)35(65)53-21-32(63)56-28(10-5-15-45)41(71)61-17-7-12-30(61)39(69)59-29(18-24-20-51-22-54-24)38(68)58-27(9-4-14-44)37(67)57-26(34(48)64)11-6-16-52-42(49)50/h20,22-23,25-31,33,62H,2-19,21,43-47H2,1H3,(H2,48,64)(H,51,54)(H,53,65)(H,55,70)(H,56,63)(H,57,67)(H,58,68)(H,59,69)(H,60,66)(H4,49,50,52)/t23-,25-,26+,27-,28+,29-,30-,31-,33-/m0/s1. The molecule has 0 aromatic carbocycles. The Labute approximate surface area is 412 Å². The highest BCUT2D eigenvalue weighted by atomic mass is 16.3. The van der Waals surface area contributed by atoms with Crippen molar-refractivity contribution in [3.63, 3.8) is 0 Å². The van der Waals surface area contributed by atoms with E-state index in [1.54, 1.807) is 0 Å². The van der Waals surface area contributed by atoms with Gasteiger partial charge in [0.15, 0.2) is 5.96 Å². The Morgan fingerprint density at radius 2 is 1.38 bits per heavy atom. The summed E-state index contributed by atoms with van der Waals surface area (Å²) < 4.78 is 0. The molecule has 0 bridgehead atoms. The lowest BCUT2D eigenvalue weighted by atomic mass is 10.0. The van der Waals surface area contributed by atoms with Crippen LogP contribution in [0.5, 0.6) is 0 Å². The molecule has 1 aromatic heterocycles. The van der Waals surface area contributed by atoms with Crippen molar-refractivity contribution in [1.82, 2.24) is 52.1 Å². The summed E-state index contributed by atoms with van der Waals surface area (Å²) in [5.41, 5.74) is 45.2. The Kier molecular flexibility index (Phi) is 27.6. The molecule has 25 N–H and O–H groups in total. The fourth-order valence-electron chi connectivity index (χ4n) is 7.41. The van der Waals surface area contributed by atoms with Crippen LogP contribution in [0.3, 0.4) is 0 Å². The van der Waals surface area contributed by atoms with E-state index < -0.39 is 121 Å². The van der Waals surface area contributed by atoms with Crippen molar-refractivity contribution in [2.75, 3.05) is 45.8 Å². The minimum Gasteiger partial charge on any atom is -0.389 e. The molecule has 0 spiro atoms. The summed E-state index contributed by atoms with van der Waals surface area (Å²) in [6.45, 7) is 1.25. The van der Waals surface area contributed by atoms with E-state index in [0.29, 0.717) is 44.3 Å². The number of amides is 9. The van der Waals surface area contributed by atoms with Crippen molar-refractivity contribution < 1.29 is 48.3 Å². The van der Waals surface area contributed by atoms with Gasteiger partial charge >= 0.3 is 0 Å². The molecule has 1 aliphatic rings. The molecule has 1 fully saturated rings. The number of aliphatic imine (C=N–C) groups is 1. The first-order chi connectivity index (χ1) is 33.8. The summed E-state index contributed by atoms with van der Waals surface area (Å²) in [5.74, 6) is -7.09. The second kappa shape index (κ2) is 32.4. The highest BCUT2D eigenvalue weighted by Crippen LogP contribution is 2.20. The SMILES string of the molecule is C[C@H](NC(=O)[C@@H](NC(=O)[C@@H](N)CCCCN)[C@@H](O)CN)C(=O)NCC(=O)N[C@H](CCCN)C(=O)N1CCC[C@H]1C(=O)N[C@@H](Cc1cnc[nH]1)C(=O)N[C@@H](CCCN)C(=O)N[C@H](CCCN=C(N)N)C(N)=O. The topological polar surface area (TPSA) is 511 Å². The van der Waals surface area contributed by atoms with Gasteiger partial charge in [0.25, 0.3) is 0 Å². The molecule has 29 nitrogen and oxygen atoms in total. The molecule has 71 heavy (non-hydrogen) atoms. The number of primary amides is 1. The van der Waals surface area contributed by atoms with E-state index in [1.165, 1.54) is 24.3 Å². The monoisotopic (exact) mass is 1010 g/mol. The van der Waals surface area contributed by atoms with E-state index in [9.17, 15) is 48.3 Å². The number of aliphatic hydroxyl groups excluding tert-OH is 1. The number of imidazole rings is 1. The number of nitrogens with one attached hydrogen (secondary N) is 8. The van der Waals surface area contributed by atoms with Gasteiger partial charge in [-0.15, -0.1) is 0 Å². The minimum absolute atomic E-state index is 0.0591. The maximum atomic E-state index is 14.1. The number of aromatic nitrogens is 2. The number of aliphatic hydroxyl groups is 1. The zero-order valence-electron chi connectivity index (χ0n) is 40.4. The van der Waals surface area contributed by atoms with Crippen LogP contribution in [-0.4, -0.2) is 179 Å². The molecule has 29 heteroatoms. The number of carbonyl (C=O) groups is 9. The third-order valence-corrected chi connectivity index (χ3v) is 11.4. The second-order valence-corrected chi connectivity index (χ2v) is 17.1. The number of carbonyl (C=O) groups excluding carboxylic acids is 9. The number of aromatic amines is 1. The molecule has 0 unspecified atom stereocenters. The predicted molar refractivity (Wildman–Crippen MR) is 259 cm³/mol. The van der Waals surface area contributed by atoms with Crippen LogP contribution in [0.4, 0.5) is 0 Å². The predicted octanol–water partition coefficient (Wildman–Crippen LogP) is -8.22. The highest BCUT2D eigenvalue weighted by Gasteiger charge is 2.40. The molecular formula is C42H77N19O10. The fourth-order valence-corrected chi connectivity index (χ4v) is 7.41. The lowest BCUT2D eigenvalue weighted by molar-refractivity contribution is -0.142. The van der Waals surface area contributed by atoms with Crippen LogP contribution < -0.4 is 83.1 Å². The van der Waals surface area contributed by atoms with Crippen molar-refractivity contribution in [1.29, 1.82) is 0 Å². The quantitative estimate of drug-likeness (QED) is 0.0173. The molecule has 1 saturated heterocycles. The zero-order valence-corrected chi connectivity index (χ0v) is 40.4. The first-order valence-electron chi connectivity index (χ1n) is 23.7. The van der Waals surface area contributed by atoms with Gasteiger partial charge in [-0.1, -0.05) is 6.42 Å². The molecule has 9 amide bonds. The molecule has 9 atom stereocenters. The summed E-state index contributed by atoms with van der Waals surface area (Å²) in [4.78, 5) is 132. The summed E-state index contributed by atoms with van der Waals surface area (Å²) in [6.07, 6.45) is 4.31. The summed E-state index contributed by atoms with van der Waals surface area (Å²) >= 11 is 0. The van der Waals surface area contributed by atoms with Crippen LogP contribution >= 0.6 is 0 Å². The van der Waals surface area contributed by atoms with Crippen LogP contribution in [0.15, 0.2) is 17.5 Å². The number of unbranched alkanes of at least 4 members (excludes halogenated alkanes) is 1. The smallest absolute Gasteiger partial charge is 0.245 e. The number of likely N-dealkylation sites (tertiary alicyclic amines) is 1. The maximum absolute atomic E-state index is 14.1. The number of H-pyrrole nitrogens is 1. The van der Waals surface area contributed by atoms with Crippen LogP contribution in [0.2, 0.25) is 0 Å². The minimum atomic E-state index is -1.56. The van der Waals surface area contributed by atoms with E-state index in [4.69, 9.17) is 45.9 Å². The van der Waals surface area contributed by atoms with Crippen LogP contribution in [0, 0.1) is 0 Å². The summed E-state index contributed by atoms with van der Waals surface area (Å²) in [7, 11) is 0. The van der Waals surface area contributed by atoms with Gasteiger partial charge < -0.3 is 98.1 Å². The van der Waals surface area contributed by atoms with E-state index in [0.717, 1.165) is 0 Å². The van der Waals surface area contributed by atoms with Crippen molar-refractivity contribution in [2.45, 2.75) is 138 Å². The number of nitrogens with zero attached hydrogens (tertiary/aromatic N) is 3. The van der Waals surface area contributed by atoms with Gasteiger partial charge in [0.2, 0.25) is 53.2 Å². The van der Waals surface area contributed by atoms with Gasteiger partial charge in [0.1, 0.15) is 42.3 Å². The first kappa shape index (κ1) is 60.6. The van der Waals surface area contributed by atoms with Gasteiger partial charge in [0.05, 0.1) is 25.0 Å². The lowest BCUT2D eigenvalue weighted by Gasteiger charge is -2.30. The number of hydrogen-bond donors (Lipinski definition) is 17. The van der Waals surface area contributed by atoms with E-state index in [-0.39, 0.29) is 77.1 Å². The van der Waals surface area contributed by atoms with Crippen molar-refractivity contribution >= 4 is 59.1 Å². The Morgan fingerprint density at radius 3 is 1.99 bits per heavy atom. The zero-order chi connectivity index (χ0) is 53.0. The van der Waals surface area contributed by atoms with Crippen molar-refractivity contribution in [3.8, 4) is 0 Å². The van der Waals surface area contributed by atoms with Gasteiger partial charge in [0, 0.05) is 37.9 Å². The number of nitrogens with two attached hydrogens (primary N) is 8. The highest BCUT2D eigenvalue weighted by molar-refractivity contribution is 5.98. The lowest BCUT2D eigenvalue weighted by Crippen LogP contribution is -2.60. The molecule has 2 rings (SSSR count). The van der Waals surface area contributed by atoms with Crippen molar-refractivity contribution in [3.05, 3.63) is 18.2 Å². The Balaban J connectivity index is 2.17. The van der Waals surface area contributed by atoms with Gasteiger partial charge in [-0.3, -0.25) is 48.1 Å². The summed E-state index contributed by atoms with van der Waals surface area (Å²) in [5, 5.41) is 28.0. The van der Waals surface area contributed by atoms with Gasteiger partial charge in [-0.25, -0.2) is 4.98 Å². The van der Waals surface area contributed by atoms with E-state index in [2.05, 4.69) is 52.2 Å². The first-order valence-corrected chi connectivity index (χ1v) is 23.7. The number of guanidine groups is 1. The summed E-state index contributed by atoms with van der Waals surface area (Å²) in [6, 6.07) is -9.77. The molecule has 0 aliphatic carbocycles. The Bertz CT molecular complexity index is 1920. The second-order valence-electron chi connectivity index (χ2n) is 17.1. The average Bonchev–Trinajstić information content (AvgIpc) is 4.05. The molecule has 1 aromatic rings. The van der Waals surface area contributed by atoms with Gasteiger partial charge in [-0.05, 0) is 90.8 Å². The average molecular weight is 1010 g/mol. The molecule has 1 aliphatic heterocycles. The fraction of sp³-hybridized carbons (Fsp3) is 0.690. The van der Waals surface area contributed by atoms with Crippen molar-refractivity contribution in [2.24, 2.45) is 50.9 Å². The normalized spacial score (nSPS) is 16.6. The van der Waals surface area contributed by atoms with Crippen LogP contribution in [0.1, 0.15) is 83.2 Å². The van der Waals surface area contributed by atoms with Gasteiger partial charge in [-0.2, -0.15) is 0 Å². The molecule has 400 valence electrons. The molecule has 0 saturated carbocycles. The third kappa shape index (κ3) is 21.6. The van der Waals surface area contributed by atoms with Crippen LogP contribution in [-0.2, 0) is 49.6 Å². The number of hydrogen-bond acceptors (Lipinski definition) is 17. The van der Waals surface area contributed by atoms with Crippen LogP contribution in [0.25, 0.3) is 0 Å². The van der Waals surface area contributed by atoms with E-state index >= 15 is 0 Å². The molecular weight excluding hydrogens is 931 g/mol. The molecule has 2 heterocycles. The van der Waals surface area contributed by atoms with E-state index in [1.807, 2.05) is 0 Å². The third-order valence-electron chi connectivity index (χ3n) is 11.4. The number of rotatable bonds is 34. The largest absolute Gasteiger partial charge is 0.389 e.